The topological polar surface area (TPSA) is 70.9 Å². The Kier molecular flexibility index (Phi) is 8.34. The van der Waals surface area contributed by atoms with Crippen LogP contribution in [0.25, 0.3) is 10.9 Å². The number of aromatic amines is 1. The molecule has 1 heterocycles. The van der Waals surface area contributed by atoms with Gasteiger partial charge in [-0.3, -0.25) is 4.79 Å². The maximum atomic E-state index is 12.1. The lowest BCUT2D eigenvalue weighted by atomic mass is 10.1. The normalized spacial score (nSPS) is 12.8. The Morgan fingerprint density at radius 2 is 1.96 bits per heavy atom. The van der Waals surface area contributed by atoms with Gasteiger partial charge in [-0.15, -0.1) is 0 Å². The van der Waals surface area contributed by atoms with Crippen LogP contribution in [-0.2, 0) is 11.2 Å². The van der Waals surface area contributed by atoms with E-state index in [1.165, 1.54) is 16.5 Å². The molecule has 1 unspecified atom stereocenters. The predicted molar refractivity (Wildman–Crippen MR) is 115 cm³/mol. The minimum absolute atomic E-state index is 0.0413. The van der Waals surface area contributed by atoms with Crippen molar-refractivity contribution >= 4 is 16.8 Å². The van der Waals surface area contributed by atoms with Crippen molar-refractivity contribution in [2.24, 2.45) is 5.73 Å². The van der Waals surface area contributed by atoms with E-state index in [1.807, 2.05) is 18.2 Å². The summed E-state index contributed by atoms with van der Waals surface area (Å²) in [5.41, 5.74) is 11.0. The summed E-state index contributed by atoms with van der Waals surface area (Å²) in [4.78, 5) is 15.4. The van der Waals surface area contributed by atoms with E-state index in [-0.39, 0.29) is 11.9 Å². The summed E-state index contributed by atoms with van der Waals surface area (Å²) in [5.74, 6) is 0.0494. The van der Waals surface area contributed by atoms with Crippen molar-refractivity contribution in [3.8, 4) is 0 Å². The molecule has 0 saturated carbocycles. The number of fused-ring (bicyclic) bond motifs is 1. The molecular formula is C23H33N3O. The van der Waals surface area contributed by atoms with Crippen molar-refractivity contribution in [1.82, 2.24) is 10.3 Å². The highest BCUT2D eigenvalue weighted by Crippen LogP contribution is 2.15. The molecule has 27 heavy (non-hydrogen) atoms. The smallest absolute Gasteiger partial charge is 0.220 e. The van der Waals surface area contributed by atoms with E-state index in [0.29, 0.717) is 19.4 Å². The second kappa shape index (κ2) is 10.7. The lowest BCUT2D eigenvalue weighted by molar-refractivity contribution is -0.121. The number of hydrogen-bond acceptors (Lipinski definition) is 2. The maximum Gasteiger partial charge on any atom is 0.220 e. The number of aryl methyl sites for hydroxylation is 1. The molecular weight excluding hydrogens is 334 g/mol. The molecule has 1 aromatic heterocycles. The molecule has 1 aromatic carbocycles. The van der Waals surface area contributed by atoms with Crippen LogP contribution < -0.4 is 11.1 Å². The lowest BCUT2D eigenvalue weighted by Gasteiger charge is -2.11. The largest absolute Gasteiger partial charge is 0.358 e. The van der Waals surface area contributed by atoms with Gasteiger partial charge in [0.05, 0.1) is 0 Å². The molecule has 0 fully saturated rings. The number of hydrogen-bond donors (Lipinski definition) is 3. The van der Waals surface area contributed by atoms with Crippen LogP contribution in [0.2, 0.25) is 0 Å². The Bertz CT molecular complexity index is 764. The van der Waals surface area contributed by atoms with Crippen molar-refractivity contribution in [3.63, 3.8) is 0 Å². The molecule has 0 bridgehead atoms. The van der Waals surface area contributed by atoms with Crippen LogP contribution in [0.4, 0.5) is 0 Å². The average Bonchev–Trinajstić information content (AvgIpc) is 3.05. The summed E-state index contributed by atoms with van der Waals surface area (Å²) in [5, 5.41) is 4.13. The van der Waals surface area contributed by atoms with E-state index in [9.17, 15) is 4.79 Å². The molecule has 1 amide bonds. The van der Waals surface area contributed by atoms with Crippen LogP contribution in [0.1, 0.15) is 52.1 Å². The molecule has 0 saturated heterocycles. The molecule has 0 aliphatic rings. The molecule has 4 N–H and O–H groups in total. The van der Waals surface area contributed by atoms with Crippen molar-refractivity contribution in [2.75, 3.05) is 6.54 Å². The monoisotopic (exact) mass is 367 g/mol. The number of nitrogens with one attached hydrogen (secondary N) is 2. The Morgan fingerprint density at radius 3 is 2.70 bits per heavy atom. The van der Waals surface area contributed by atoms with E-state index in [2.05, 4.69) is 55.4 Å². The van der Waals surface area contributed by atoms with Gasteiger partial charge in [-0.2, -0.15) is 0 Å². The first-order valence-corrected chi connectivity index (χ1v) is 9.82. The van der Waals surface area contributed by atoms with E-state index in [0.717, 1.165) is 30.5 Å². The van der Waals surface area contributed by atoms with Crippen molar-refractivity contribution in [2.45, 2.75) is 58.9 Å². The van der Waals surface area contributed by atoms with Crippen LogP contribution in [0.3, 0.4) is 0 Å². The van der Waals surface area contributed by atoms with Crippen molar-refractivity contribution in [1.29, 1.82) is 0 Å². The molecule has 0 radical (unpaired) electrons. The number of H-pyrrole nitrogens is 1. The van der Waals surface area contributed by atoms with Crippen molar-refractivity contribution in [3.05, 3.63) is 59.3 Å². The van der Waals surface area contributed by atoms with Gasteiger partial charge in [-0.25, -0.2) is 0 Å². The summed E-state index contributed by atoms with van der Waals surface area (Å²) in [6.45, 7) is 6.90. The summed E-state index contributed by atoms with van der Waals surface area (Å²) >= 11 is 0. The van der Waals surface area contributed by atoms with E-state index < -0.39 is 0 Å². The first-order valence-electron chi connectivity index (χ1n) is 9.82. The molecule has 2 aromatic rings. The molecule has 0 aliphatic carbocycles. The van der Waals surface area contributed by atoms with E-state index in [4.69, 9.17) is 5.73 Å². The number of aromatic nitrogens is 1. The molecule has 4 heteroatoms. The first-order chi connectivity index (χ1) is 12.9. The third-order valence-corrected chi connectivity index (χ3v) is 4.63. The molecule has 146 valence electrons. The van der Waals surface area contributed by atoms with Gasteiger partial charge >= 0.3 is 0 Å². The first kappa shape index (κ1) is 21.0. The fourth-order valence-electron chi connectivity index (χ4n) is 2.98. The van der Waals surface area contributed by atoms with Crippen LogP contribution in [0, 0.1) is 0 Å². The third-order valence-electron chi connectivity index (χ3n) is 4.63. The molecule has 1 atom stereocenters. The minimum atomic E-state index is -0.0413. The lowest BCUT2D eigenvalue weighted by Crippen LogP contribution is -2.37. The van der Waals surface area contributed by atoms with Gasteiger partial charge in [0.1, 0.15) is 0 Å². The van der Waals surface area contributed by atoms with Crippen LogP contribution in [-0.4, -0.2) is 23.5 Å². The Morgan fingerprint density at radius 1 is 1.19 bits per heavy atom. The fourth-order valence-corrected chi connectivity index (χ4v) is 2.98. The van der Waals surface area contributed by atoms with Crippen LogP contribution in [0.5, 0.6) is 0 Å². The minimum Gasteiger partial charge on any atom is -0.358 e. The Labute approximate surface area is 162 Å². The predicted octanol–water partition coefficient (Wildman–Crippen LogP) is 4.63. The van der Waals surface area contributed by atoms with Gasteiger partial charge in [0.2, 0.25) is 5.91 Å². The Balaban J connectivity index is 1.66. The zero-order valence-corrected chi connectivity index (χ0v) is 16.8. The molecule has 0 aliphatic heterocycles. The number of allylic oxidation sites excluding steroid dienone is 3. The van der Waals surface area contributed by atoms with Gasteiger partial charge in [-0.05, 0) is 64.0 Å². The number of nitrogens with two attached hydrogens (primary N) is 1. The van der Waals surface area contributed by atoms with E-state index >= 15 is 0 Å². The highest BCUT2D eigenvalue weighted by atomic mass is 16.1. The SMILES string of the molecule is CC(C)=CCCC(C)=CCC(N)CNC(=O)CCc1cc2ccccc2[nH]1. The molecule has 4 nitrogen and oxygen atoms in total. The summed E-state index contributed by atoms with van der Waals surface area (Å²) in [6.07, 6.45) is 8.56. The zero-order valence-electron chi connectivity index (χ0n) is 16.8. The molecule has 2 rings (SSSR count). The van der Waals surface area contributed by atoms with E-state index in [1.54, 1.807) is 0 Å². The number of benzene rings is 1. The standard InChI is InChI=1S/C23H33N3O/c1-17(2)7-6-8-18(3)11-12-20(24)16-25-23(27)14-13-21-15-19-9-4-5-10-22(19)26-21/h4-5,7,9-11,15,20,26H,6,8,12-14,16,24H2,1-3H3,(H,25,27). The maximum absolute atomic E-state index is 12.1. The van der Waals surface area contributed by atoms with Crippen LogP contribution >= 0.6 is 0 Å². The highest BCUT2D eigenvalue weighted by molar-refractivity contribution is 5.81. The van der Waals surface area contributed by atoms with Gasteiger partial charge in [0, 0.05) is 30.2 Å². The van der Waals surface area contributed by atoms with Gasteiger partial charge in [-0.1, -0.05) is 41.5 Å². The summed E-state index contributed by atoms with van der Waals surface area (Å²) in [7, 11) is 0. The fraction of sp³-hybridized carbons (Fsp3) is 0.435. The number of carbonyl (C=O) groups is 1. The second-order valence-electron chi connectivity index (χ2n) is 7.55. The average molecular weight is 368 g/mol. The number of amides is 1. The number of para-hydroxylation sites is 1. The highest BCUT2D eigenvalue weighted by Gasteiger charge is 2.07. The van der Waals surface area contributed by atoms with Gasteiger partial charge in [0.15, 0.2) is 0 Å². The quantitative estimate of drug-likeness (QED) is 0.536. The second-order valence-corrected chi connectivity index (χ2v) is 7.55. The number of rotatable bonds is 10. The molecule has 0 spiro atoms. The zero-order chi connectivity index (χ0) is 19.6. The number of carbonyl (C=O) groups excluding carboxylic acids is 1. The summed E-state index contributed by atoms with van der Waals surface area (Å²) in [6, 6.07) is 10.2. The van der Waals surface area contributed by atoms with Gasteiger partial charge < -0.3 is 16.0 Å². The van der Waals surface area contributed by atoms with Crippen LogP contribution in [0.15, 0.2) is 53.6 Å². The third kappa shape index (κ3) is 7.83. The Hall–Kier alpha value is -2.33. The van der Waals surface area contributed by atoms with Crippen molar-refractivity contribution < 1.29 is 4.79 Å². The summed E-state index contributed by atoms with van der Waals surface area (Å²) < 4.78 is 0. The van der Waals surface area contributed by atoms with Gasteiger partial charge in [0.25, 0.3) is 0 Å².